The summed E-state index contributed by atoms with van der Waals surface area (Å²) < 4.78 is 11.3. The van der Waals surface area contributed by atoms with Gasteiger partial charge in [-0.3, -0.25) is 9.69 Å². The van der Waals surface area contributed by atoms with Crippen molar-refractivity contribution in [3.8, 4) is 5.75 Å². The van der Waals surface area contributed by atoms with Crippen LogP contribution in [-0.2, 0) is 16.8 Å². The van der Waals surface area contributed by atoms with Crippen molar-refractivity contribution in [1.29, 1.82) is 0 Å². The summed E-state index contributed by atoms with van der Waals surface area (Å²) in [5.74, 6) is 3.21. The number of nitrogens with zero attached hydrogens (tertiary/aromatic N) is 1. The summed E-state index contributed by atoms with van der Waals surface area (Å²) in [6.07, 6.45) is 2.20. The fraction of sp³-hybridized carbons (Fsp3) is 0.560. The first-order valence-electron chi connectivity index (χ1n) is 11.0. The van der Waals surface area contributed by atoms with E-state index in [4.69, 9.17) is 9.15 Å². The Labute approximate surface area is 180 Å². The van der Waals surface area contributed by atoms with Crippen molar-refractivity contribution in [1.82, 2.24) is 10.2 Å². The van der Waals surface area contributed by atoms with Crippen molar-refractivity contribution in [2.45, 2.75) is 59.4 Å². The molecule has 0 radical (unpaired) electrons. The van der Waals surface area contributed by atoms with Crippen LogP contribution in [0.15, 0.2) is 34.7 Å². The van der Waals surface area contributed by atoms with Crippen molar-refractivity contribution < 1.29 is 13.9 Å². The Morgan fingerprint density at radius 2 is 1.83 bits per heavy atom. The third-order valence-electron chi connectivity index (χ3n) is 5.92. The molecule has 1 aliphatic heterocycles. The van der Waals surface area contributed by atoms with Gasteiger partial charge in [0.25, 0.3) is 5.91 Å². The number of aryl methyl sites for hydroxylation is 2. The van der Waals surface area contributed by atoms with Gasteiger partial charge in [-0.15, -0.1) is 0 Å². The first-order chi connectivity index (χ1) is 14.2. The molecule has 1 fully saturated rings. The fourth-order valence-corrected chi connectivity index (χ4v) is 3.94. The zero-order valence-electron chi connectivity index (χ0n) is 19.1. The second-order valence-corrected chi connectivity index (χ2v) is 9.53. The number of hydrogen-bond acceptors (Lipinski definition) is 4. The Balaban J connectivity index is 1.34. The van der Waals surface area contributed by atoms with Crippen LogP contribution < -0.4 is 10.1 Å². The molecule has 2 aromatic rings. The lowest BCUT2D eigenvalue weighted by atomic mass is 9.87. The topological polar surface area (TPSA) is 54.7 Å². The van der Waals surface area contributed by atoms with Gasteiger partial charge in [0.05, 0.1) is 0 Å². The van der Waals surface area contributed by atoms with Gasteiger partial charge < -0.3 is 14.5 Å². The van der Waals surface area contributed by atoms with Gasteiger partial charge in [-0.05, 0) is 74.9 Å². The number of amides is 1. The highest BCUT2D eigenvalue weighted by Crippen LogP contribution is 2.24. The van der Waals surface area contributed by atoms with E-state index in [0.717, 1.165) is 56.3 Å². The van der Waals surface area contributed by atoms with Gasteiger partial charge in [-0.2, -0.15) is 0 Å². The number of rotatable bonds is 7. The number of nitrogens with one attached hydrogen (secondary N) is 1. The molecule has 0 aliphatic carbocycles. The second kappa shape index (κ2) is 9.69. The Morgan fingerprint density at radius 3 is 2.40 bits per heavy atom. The first-order valence-corrected chi connectivity index (χ1v) is 11.0. The van der Waals surface area contributed by atoms with Gasteiger partial charge in [-0.1, -0.05) is 32.9 Å². The molecule has 3 rings (SSSR count). The van der Waals surface area contributed by atoms with Crippen LogP contribution in [0.3, 0.4) is 0 Å². The highest BCUT2D eigenvalue weighted by Gasteiger charge is 2.21. The van der Waals surface area contributed by atoms with Crippen molar-refractivity contribution in [2.24, 2.45) is 5.92 Å². The molecule has 5 heteroatoms. The quantitative estimate of drug-likeness (QED) is 0.722. The van der Waals surface area contributed by atoms with E-state index in [1.165, 1.54) is 11.1 Å². The zero-order chi connectivity index (χ0) is 21.7. The molecule has 1 aliphatic rings. The third-order valence-corrected chi connectivity index (χ3v) is 5.92. The molecule has 30 heavy (non-hydrogen) atoms. The molecular weight excluding hydrogens is 376 g/mol. The summed E-state index contributed by atoms with van der Waals surface area (Å²) >= 11 is 0. The van der Waals surface area contributed by atoms with E-state index in [0.29, 0.717) is 5.92 Å². The lowest BCUT2D eigenvalue weighted by Gasteiger charge is -2.31. The maximum absolute atomic E-state index is 12.2. The van der Waals surface area contributed by atoms with Crippen LogP contribution in [0.25, 0.3) is 0 Å². The Bertz CT molecular complexity index is 825. The molecule has 2 heterocycles. The predicted octanol–water partition coefficient (Wildman–Crippen LogP) is 4.60. The summed E-state index contributed by atoms with van der Waals surface area (Å²) in [7, 11) is 0. The summed E-state index contributed by atoms with van der Waals surface area (Å²) in [6, 6.07) is 10.1. The van der Waals surface area contributed by atoms with Crippen LogP contribution in [0.5, 0.6) is 5.75 Å². The highest BCUT2D eigenvalue weighted by atomic mass is 16.5. The zero-order valence-corrected chi connectivity index (χ0v) is 19.1. The molecule has 1 saturated heterocycles. The minimum Gasteiger partial charge on any atom is -0.484 e. The van der Waals surface area contributed by atoms with Gasteiger partial charge in [0, 0.05) is 18.7 Å². The molecule has 1 amide bonds. The average molecular weight is 413 g/mol. The Kier molecular flexibility index (Phi) is 7.24. The molecule has 1 aromatic carbocycles. The largest absolute Gasteiger partial charge is 0.484 e. The lowest BCUT2D eigenvalue weighted by molar-refractivity contribution is -0.123. The fourth-order valence-electron chi connectivity index (χ4n) is 3.94. The number of carbonyl (C=O) groups is 1. The number of piperidine rings is 1. The van der Waals surface area contributed by atoms with E-state index in [2.05, 4.69) is 49.2 Å². The highest BCUT2D eigenvalue weighted by molar-refractivity contribution is 5.77. The molecule has 1 N–H and O–H groups in total. The third kappa shape index (κ3) is 6.36. The predicted molar refractivity (Wildman–Crippen MR) is 120 cm³/mol. The number of benzene rings is 1. The van der Waals surface area contributed by atoms with Crippen molar-refractivity contribution >= 4 is 5.91 Å². The monoisotopic (exact) mass is 412 g/mol. The van der Waals surface area contributed by atoms with Gasteiger partial charge in [0.1, 0.15) is 17.3 Å². The molecule has 0 saturated carbocycles. The summed E-state index contributed by atoms with van der Waals surface area (Å²) in [6.45, 7) is 14.4. The molecule has 164 valence electrons. The second-order valence-electron chi connectivity index (χ2n) is 9.53. The van der Waals surface area contributed by atoms with Crippen LogP contribution in [0.1, 0.15) is 56.3 Å². The summed E-state index contributed by atoms with van der Waals surface area (Å²) in [4.78, 5) is 14.6. The molecule has 1 aromatic heterocycles. The minimum absolute atomic E-state index is 0.0539. The van der Waals surface area contributed by atoms with E-state index in [1.54, 1.807) is 0 Å². The molecule has 0 spiro atoms. The number of ether oxygens (including phenoxy) is 1. The Morgan fingerprint density at radius 1 is 1.17 bits per heavy atom. The number of furan rings is 1. The van der Waals surface area contributed by atoms with Crippen molar-refractivity contribution in [3.63, 3.8) is 0 Å². The number of carbonyl (C=O) groups excluding carboxylic acids is 1. The number of likely N-dealkylation sites (tertiary alicyclic amines) is 1. The smallest absolute Gasteiger partial charge is 0.257 e. The van der Waals surface area contributed by atoms with E-state index in [-0.39, 0.29) is 17.9 Å². The standard InChI is InChI=1S/C25H36N2O3/c1-18-14-21(19(2)30-18)16-27-12-10-20(11-13-27)15-26-24(28)17-29-23-8-6-22(7-9-23)25(3,4)5/h6-9,14,20H,10-13,15-17H2,1-5H3,(H,26,28). The van der Waals surface area contributed by atoms with Crippen molar-refractivity contribution in [2.75, 3.05) is 26.2 Å². The Hall–Kier alpha value is -2.27. The van der Waals surface area contributed by atoms with Crippen LogP contribution in [-0.4, -0.2) is 37.0 Å². The lowest BCUT2D eigenvalue weighted by Crippen LogP contribution is -2.39. The SMILES string of the molecule is Cc1cc(CN2CCC(CNC(=O)COc3ccc(C(C)(C)C)cc3)CC2)c(C)o1. The van der Waals surface area contributed by atoms with Gasteiger partial charge in [0.2, 0.25) is 0 Å². The average Bonchev–Trinajstić information content (AvgIpc) is 3.02. The molecule has 5 nitrogen and oxygen atoms in total. The van der Waals surface area contributed by atoms with Crippen LogP contribution in [0, 0.1) is 19.8 Å². The normalized spacial score (nSPS) is 15.9. The molecule has 0 bridgehead atoms. The number of hydrogen-bond donors (Lipinski definition) is 1. The van der Waals surface area contributed by atoms with Crippen molar-refractivity contribution in [3.05, 3.63) is 53.0 Å². The minimum atomic E-state index is -0.0539. The summed E-state index contributed by atoms with van der Waals surface area (Å²) in [5.41, 5.74) is 2.65. The van der Waals surface area contributed by atoms with E-state index < -0.39 is 0 Å². The molecule has 0 unspecified atom stereocenters. The van der Waals surface area contributed by atoms with Crippen LogP contribution >= 0.6 is 0 Å². The first kappa shape index (κ1) is 22.4. The van der Waals surface area contributed by atoms with Gasteiger partial charge in [0.15, 0.2) is 6.61 Å². The summed E-state index contributed by atoms with van der Waals surface area (Å²) in [5, 5.41) is 3.04. The van der Waals surface area contributed by atoms with Gasteiger partial charge in [-0.25, -0.2) is 0 Å². The van der Waals surface area contributed by atoms with Crippen LogP contribution in [0.4, 0.5) is 0 Å². The van der Waals surface area contributed by atoms with E-state index in [9.17, 15) is 4.79 Å². The van der Waals surface area contributed by atoms with Crippen LogP contribution in [0.2, 0.25) is 0 Å². The van der Waals surface area contributed by atoms with E-state index in [1.807, 2.05) is 26.0 Å². The maximum atomic E-state index is 12.2. The van der Waals surface area contributed by atoms with Gasteiger partial charge >= 0.3 is 0 Å². The maximum Gasteiger partial charge on any atom is 0.257 e. The molecule has 0 atom stereocenters. The molecular formula is C25H36N2O3. The van der Waals surface area contributed by atoms with E-state index >= 15 is 0 Å².